The summed E-state index contributed by atoms with van der Waals surface area (Å²) in [6, 6.07) is 14.5. The Morgan fingerprint density at radius 1 is 1.03 bits per heavy atom. The van der Waals surface area contributed by atoms with Crippen LogP contribution in [0.2, 0.25) is 0 Å². The van der Waals surface area contributed by atoms with E-state index in [4.69, 9.17) is 4.52 Å². The molecule has 29 heavy (non-hydrogen) atoms. The second kappa shape index (κ2) is 11.5. The molecule has 0 atom stereocenters. The van der Waals surface area contributed by atoms with Crippen LogP contribution < -0.4 is 10.6 Å². The number of hydrogen-bond acceptors (Lipinski definition) is 4. The molecule has 0 saturated carbocycles. The number of aromatic nitrogens is 2. The van der Waals surface area contributed by atoms with Crippen LogP contribution >= 0.6 is 24.0 Å². The van der Waals surface area contributed by atoms with Crippen LogP contribution in [0.3, 0.4) is 0 Å². The van der Waals surface area contributed by atoms with Gasteiger partial charge in [0.25, 0.3) is 5.89 Å². The molecule has 6 nitrogen and oxygen atoms in total. The van der Waals surface area contributed by atoms with Gasteiger partial charge in [-0.1, -0.05) is 36.3 Å². The van der Waals surface area contributed by atoms with Crippen LogP contribution in [-0.2, 0) is 19.4 Å². The van der Waals surface area contributed by atoms with Crippen molar-refractivity contribution in [3.05, 3.63) is 71.3 Å². The molecule has 0 aliphatic rings. The molecule has 0 aliphatic carbocycles. The van der Waals surface area contributed by atoms with Gasteiger partial charge in [-0.3, -0.25) is 4.99 Å². The van der Waals surface area contributed by atoms with E-state index in [0.29, 0.717) is 24.2 Å². The summed E-state index contributed by atoms with van der Waals surface area (Å²) in [5.74, 6) is 1.73. The predicted octanol–water partition coefficient (Wildman–Crippen LogP) is 3.96. The average Bonchev–Trinajstić information content (AvgIpc) is 3.21. The molecule has 0 amide bonds. The quantitative estimate of drug-likeness (QED) is 0.287. The van der Waals surface area contributed by atoms with Gasteiger partial charge < -0.3 is 15.2 Å². The summed E-state index contributed by atoms with van der Waals surface area (Å²) < 4.78 is 18.2. The lowest BCUT2D eigenvalue weighted by atomic mass is 10.1. The lowest BCUT2D eigenvalue weighted by Gasteiger charge is -2.12. The molecule has 2 N–H and O–H groups in total. The molecule has 1 aromatic heterocycles. The van der Waals surface area contributed by atoms with Gasteiger partial charge in [-0.15, -0.1) is 24.0 Å². The van der Waals surface area contributed by atoms with Gasteiger partial charge in [0, 0.05) is 32.1 Å². The van der Waals surface area contributed by atoms with E-state index in [1.54, 1.807) is 19.2 Å². The van der Waals surface area contributed by atoms with Crippen LogP contribution in [0.4, 0.5) is 4.39 Å². The van der Waals surface area contributed by atoms with E-state index in [0.717, 1.165) is 30.5 Å². The third-order valence-corrected chi connectivity index (χ3v) is 4.29. The maximum atomic E-state index is 13.0. The maximum absolute atomic E-state index is 13.0. The first kappa shape index (κ1) is 22.8. The first-order valence-electron chi connectivity index (χ1n) is 9.28. The van der Waals surface area contributed by atoms with Crippen LogP contribution in [0.15, 0.2) is 58.0 Å². The Bertz CT molecular complexity index is 910. The summed E-state index contributed by atoms with van der Waals surface area (Å²) in [5, 5.41) is 10.4. The molecule has 8 heteroatoms. The molecule has 3 rings (SSSR count). The van der Waals surface area contributed by atoms with E-state index < -0.39 is 0 Å². The number of benzene rings is 2. The maximum Gasteiger partial charge on any atom is 0.257 e. The van der Waals surface area contributed by atoms with Gasteiger partial charge in [0.1, 0.15) is 5.82 Å². The van der Waals surface area contributed by atoms with Crippen molar-refractivity contribution in [3.8, 4) is 11.5 Å². The van der Waals surface area contributed by atoms with Crippen molar-refractivity contribution in [3.63, 3.8) is 0 Å². The van der Waals surface area contributed by atoms with Gasteiger partial charge in [-0.2, -0.15) is 4.98 Å². The molecule has 0 bridgehead atoms. The Kier molecular flexibility index (Phi) is 9.04. The van der Waals surface area contributed by atoms with Gasteiger partial charge >= 0.3 is 0 Å². The van der Waals surface area contributed by atoms with Crippen LogP contribution in [-0.4, -0.2) is 29.7 Å². The predicted molar refractivity (Wildman–Crippen MR) is 123 cm³/mol. The molecule has 0 radical (unpaired) electrons. The van der Waals surface area contributed by atoms with Gasteiger partial charge in [0.15, 0.2) is 11.8 Å². The summed E-state index contributed by atoms with van der Waals surface area (Å²) in [4.78, 5) is 8.55. The van der Waals surface area contributed by atoms with Crippen molar-refractivity contribution < 1.29 is 8.91 Å². The first-order valence-corrected chi connectivity index (χ1v) is 9.28. The minimum absolute atomic E-state index is 0. The molecular weight excluding hydrogens is 484 g/mol. The summed E-state index contributed by atoms with van der Waals surface area (Å²) in [5.41, 5.74) is 3.10. The molecule has 154 valence electrons. The average molecular weight is 509 g/mol. The molecule has 0 aliphatic heterocycles. The van der Waals surface area contributed by atoms with Crippen molar-refractivity contribution in [2.45, 2.75) is 26.3 Å². The van der Waals surface area contributed by atoms with E-state index in [1.165, 1.54) is 17.7 Å². The van der Waals surface area contributed by atoms with E-state index in [-0.39, 0.29) is 29.8 Å². The van der Waals surface area contributed by atoms with Crippen LogP contribution in [0, 0.1) is 5.82 Å². The summed E-state index contributed by atoms with van der Waals surface area (Å²) in [7, 11) is 1.73. The van der Waals surface area contributed by atoms with Crippen LogP contribution in [0.25, 0.3) is 11.5 Å². The van der Waals surface area contributed by atoms with Gasteiger partial charge in [-0.05, 0) is 41.8 Å². The highest BCUT2D eigenvalue weighted by Crippen LogP contribution is 2.18. The minimum Gasteiger partial charge on any atom is -0.356 e. The number of aliphatic imine (C=N–C) groups is 1. The molecule has 1 heterocycles. The smallest absolute Gasteiger partial charge is 0.257 e. The van der Waals surface area contributed by atoms with Crippen molar-refractivity contribution >= 4 is 29.9 Å². The summed E-state index contributed by atoms with van der Waals surface area (Å²) in [6.07, 6.45) is 1.60. The normalized spacial score (nSPS) is 11.1. The van der Waals surface area contributed by atoms with E-state index in [1.807, 2.05) is 19.1 Å². The molecule has 0 spiro atoms. The third kappa shape index (κ3) is 6.81. The monoisotopic (exact) mass is 509 g/mol. The standard InChI is InChI=1S/C21H24FN5O.HI/c1-3-19-26-20(28-27-19)17-8-4-15(5-9-17)12-13-24-21(23-2)25-14-16-6-10-18(22)11-7-16;/h4-11H,3,12-14H2,1-2H3,(H2,23,24,25);1H. The Balaban J connectivity index is 0.00000300. The first-order chi connectivity index (χ1) is 13.7. The van der Waals surface area contributed by atoms with Crippen molar-refractivity contribution in [1.82, 2.24) is 20.8 Å². The minimum atomic E-state index is -0.234. The highest BCUT2D eigenvalue weighted by atomic mass is 127. The molecular formula is C21H25FIN5O. The molecule has 0 unspecified atom stereocenters. The fourth-order valence-electron chi connectivity index (χ4n) is 2.66. The topological polar surface area (TPSA) is 75.3 Å². The van der Waals surface area contributed by atoms with Crippen molar-refractivity contribution in [1.29, 1.82) is 0 Å². The summed E-state index contributed by atoms with van der Waals surface area (Å²) >= 11 is 0. The third-order valence-electron chi connectivity index (χ3n) is 4.29. The largest absolute Gasteiger partial charge is 0.356 e. The Hall–Kier alpha value is -2.49. The second-order valence-electron chi connectivity index (χ2n) is 6.30. The zero-order valence-corrected chi connectivity index (χ0v) is 18.8. The SMILES string of the molecule is CCc1noc(-c2ccc(CCNC(=NC)NCc3ccc(F)cc3)cc2)n1.I. The highest BCUT2D eigenvalue weighted by molar-refractivity contribution is 14.0. The lowest BCUT2D eigenvalue weighted by Crippen LogP contribution is -2.37. The highest BCUT2D eigenvalue weighted by Gasteiger charge is 2.07. The molecule has 3 aromatic rings. The molecule has 0 fully saturated rings. The van der Waals surface area contributed by atoms with Crippen molar-refractivity contribution in [2.75, 3.05) is 13.6 Å². The Morgan fingerprint density at radius 3 is 2.34 bits per heavy atom. The lowest BCUT2D eigenvalue weighted by molar-refractivity contribution is 0.423. The second-order valence-corrected chi connectivity index (χ2v) is 6.30. The fraction of sp³-hybridized carbons (Fsp3) is 0.286. The zero-order chi connectivity index (χ0) is 19.8. The number of hydrogen-bond donors (Lipinski definition) is 2. The van der Waals surface area contributed by atoms with Crippen LogP contribution in [0.5, 0.6) is 0 Å². The van der Waals surface area contributed by atoms with Crippen LogP contribution in [0.1, 0.15) is 23.9 Å². The number of halogens is 2. The number of aryl methyl sites for hydroxylation is 1. The molecule has 0 saturated heterocycles. The van der Waals surface area contributed by atoms with E-state index in [9.17, 15) is 4.39 Å². The van der Waals surface area contributed by atoms with Gasteiger partial charge in [0.05, 0.1) is 0 Å². The van der Waals surface area contributed by atoms with E-state index >= 15 is 0 Å². The van der Waals surface area contributed by atoms with Gasteiger partial charge in [-0.25, -0.2) is 4.39 Å². The van der Waals surface area contributed by atoms with E-state index in [2.05, 4.69) is 37.9 Å². The zero-order valence-electron chi connectivity index (χ0n) is 16.5. The Labute approximate surface area is 187 Å². The number of guanidine groups is 1. The van der Waals surface area contributed by atoms with Gasteiger partial charge in [0.2, 0.25) is 0 Å². The molecule has 2 aromatic carbocycles. The number of nitrogens with one attached hydrogen (secondary N) is 2. The fourth-order valence-corrected chi connectivity index (χ4v) is 2.66. The number of nitrogens with zero attached hydrogens (tertiary/aromatic N) is 3. The van der Waals surface area contributed by atoms with Crippen molar-refractivity contribution in [2.24, 2.45) is 4.99 Å². The number of rotatable bonds is 7. The Morgan fingerprint density at radius 2 is 1.72 bits per heavy atom. The summed E-state index contributed by atoms with van der Waals surface area (Å²) in [6.45, 7) is 3.31.